The molecule has 2 aliphatic carbocycles. The maximum absolute atomic E-state index is 6.33. The van der Waals surface area contributed by atoms with Crippen LogP contribution in [0.25, 0.3) is 0 Å². The Labute approximate surface area is 189 Å². The van der Waals surface area contributed by atoms with E-state index in [0.717, 1.165) is 40.6 Å². The van der Waals surface area contributed by atoms with Gasteiger partial charge in [-0.2, -0.15) is 0 Å². The molecule has 0 unspecified atom stereocenters. The SMILES string of the molecule is CC1(C)OB(c2ccc3c(c2N)CCC3)OC1(C)C.Nc1c(Br)ccc2c1CCC2. The zero-order valence-electron chi connectivity index (χ0n) is 18.5. The third-order valence-corrected chi connectivity index (χ3v) is 7.83. The zero-order valence-corrected chi connectivity index (χ0v) is 20.1. The highest BCUT2D eigenvalue weighted by molar-refractivity contribution is 9.10. The van der Waals surface area contributed by atoms with Crippen LogP contribution in [-0.4, -0.2) is 18.3 Å². The summed E-state index contributed by atoms with van der Waals surface area (Å²) in [5, 5.41) is 0. The van der Waals surface area contributed by atoms with Crippen LogP contribution in [0.5, 0.6) is 0 Å². The van der Waals surface area contributed by atoms with Gasteiger partial charge in [-0.3, -0.25) is 0 Å². The highest BCUT2D eigenvalue weighted by atomic mass is 79.9. The summed E-state index contributed by atoms with van der Waals surface area (Å²) in [4.78, 5) is 0. The van der Waals surface area contributed by atoms with Gasteiger partial charge in [0.25, 0.3) is 0 Å². The number of hydrogen-bond donors (Lipinski definition) is 2. The van der Waals surface area contributed by atoms with Crippen LogP contribution in [0.2, 0.25) is 0 Å². The molecular formula is C24H32BBrN2O2. The van der Waals surface area contributed by atoms with Crippen molar-refractivity contribution in [3.05, 3.63) is 51.0 Å². The number of hydrogen-bond acceptors (Lipinski definition) is 4. The maximum Gasteiger partial charge on any atom is 0.496 e. The smallest absolute Gasteiger partial charge is 0.399 e. The summed E-state index contributed by atoms with van der Waals surface area (Å²) in [5.74, 6) is 0. The Hall–Kier alpha value is -1.50. The monoisotopic (exact) mass is 470 g/mol. The van der Waals surface area contributed by atoms with Crippen LogP contribution in [0.15, 0.2) is 28.7 Å². The lowest BCUT2D eigenvalue weighted by atomic mass is 9.76. The van der Waals surface area contributed by atoms with E-state index in [1.165, 1.54) is 41.5 Å². The summed E-state index contributed by atoms with van der Waals surface area (Å²) >= 11 is 3.42. The maximum atomic E-state index is 6.33. The van der Waals surface area contributed by atoms with Crippen LogP contribution in [0, 0.1) is 0 Å². The predicted molar refractivity (Wildman–Crippen MR) is 129 cm³/mol. The fourth-order valence-electron chi connectivity index (χ4n) is 4.55. The third-order valence-electron chi connectivity index (χ3n) is 7.14. The van der Waals surface area contributed by atoms with E-state index in [1.807, 2.05) is 6.07 Å². The Morgan fingerprint density at radius 1 is 0.767 bits per heavy atom. The number of benzene rings is 2. The van der Waals surface area contributed by atoms with E-state index < -0.39 is 0 Å². The Kier molecular flexibility index (Phi) is 5.71. The van der Waals surface area contributed by atoms with Crippen molar-refractivity contribution in [1.29, 1.82) is 0 Å². The lowest BCUT2D eigenvalue weighted by molar-refractivity contribution is 0.00578. The number of fused-ring (bicyclic) bond motifs is 2. The van der Waals surface area contributed by atoms with Crippen molar-refractivity contribution in [1.82, 2.24) is 0 Å². The molecule has 5 rings (SSSR count). The first-order chi connectivity index (χ1) is 14.1. The van der Waals surface area contributed by atoms with Crippen molar-refractivity contribution in [2.75, 3.05) is 11.5 Å². The lowest BCUT2D eigenvalue weighted by Crippen LogP contribution is -2.41. The molecule has 0 amide bonds. The summed E-state index contributed by atoms with van der Waals surface area (Å²) in [6, 6.07) is 8.46. The Bertz CT molecular complexity index is 958. The van der Waals surface area contributed by atoms with Crippen molar-refractivity contribution < 1.29 is 9.31 Å². The third kappa shape index (κ3) is 3.78. The molecule has 0 radical (unpaired) electrons. The molecule has 0 saturated carbocycles. The van der Waals surface area contributed by atoms with E-state index in [0.29, 0.717) is 0 Å². The van der Waals surface area contributed by atoms with Gasteiger partial charge in [0.2, 0.25) is 0 Å². The van der Waals surface area contributed by atoms with Crippen molar-refractivity contribution in [2.24, 2.45) is 0 Å². The second kappa shape index (κ2) is 7.88. The van der Waals surface area contributed by atoms with Gasteiger partial charge in [-0.15, -0.1) is 0 Å². The molecule has 1 heterocycles. The van der Waals surface area contributed by atoms with Crippen molar-refractivity contribution in [3.63, 3.8) is 0 Å². The van der Waals surface area contributed by atoms with Gasteiger partial charge in [0.1, 0.15) is 0 Å². The molecule has 3 aliphatic rings. The first-order valence-electron chi connectivity index (χ1n) is 10.9. The number of halogens is 1. The number of anilines is 2. The van der Waals surface area contributed by atoms with Crippen molar-refractivity contribution >= 4 is 39.9 Å². The van der Waals surface area contributed by atoms with E-state index in [4.69, 9.17) is 20.8 Å². The summed E-state index contributed by atoms with van der Waals surface area (Å²) in [5.41, 5.74) is 19.9. The molecule has 6 heteroatoms. The number of nitrogens with two attached hydrogens (primary N) is 2. The first kappa shape index (κ1) is 21.7. The molecule has 1 aliphatic heterocycles. The summed E-state index contributed by atoms with van der Waals surface area (Å²) in [6.07, 6.45) is 7.04. The van der Waals surface area contributed by atoms with Gasteiger partial charge in [-0.1, -0.05) is 18.2 Å². The van der Waals surface area contributed by atoms with Crippen LogP contribution < -0.4 is 16.9 Å². The van der Waals surface area contributed by atoms with Crippen LogP contribution in [0.1, 0.15) is 62.8 Å². The van der Waals surface area contributed by atoms with E-state index in [-0.39, 0.29) is 18.3 Å². The van der Waals surface area contributed by atoms with Gasteiger partial charge < -0.3 is 20.8 Å². The van der Waals surface area contributed by atoms with Crippen LogP contribution >= 0.6 is 15.9 Å². The first-order valence-corrected chi connectivity index (χ1v) is 11.7. The molecule has 1 fully saturated rings. The fraction of sp³-hybridized carbons (Fsp3) is 0.500. The molecule has 0 atom stereocenters. The Morgan fingerprint density at radius 3 is 1.83 bits per heavy atom. The van der Waals surface area contributed by atoms with E-state index >= 15 is 0 Å². The summed E-state index contributed by atoms with van der Waals surface area (Å²) < 4.78 is 13.2. The molecule has 4 N–H and O–H groups in total. The molecule has 0 aromatic heterocycles. The molecule has 30 heavy (non-hydrogen) atoms. The predicted octanol–water partition coefficient (Wildman–Crippen LogP) is 4.58. The van der Waals surface area contributed by atoms with Crippen LogP contribution in [-0.2, 0) is 35.0 Å². The van der Waals surface area contributed by atoms with Gasteiger partial charge in [0, 0.05) is 21.3 Å². The Morgan fingerprint density at radius 2 is 1.27 bits per heavy atom. The largest absolute Gasteiger partial charge is 0.496 e. The van der Waals surface area contributed by atoms with Gasteiger partial charge in [-0.25, -0.2) is 0 Å². The molecule has 4 nitrogen and oxygen atoms in total. The molecule has 160 valence electrons. The van der Waals surface area contributed by atoms with Crippen LogP contribution in [0.3, 0.4) is 0 Å². The molecule has 2 aromatic rings. The fourth-order valence-corrected chi connectivity index (χ4v) is 4.93. The highest BCUT2D eigenvalue weighted by Crippen LogP contribution is 2.37. The zero-order chi connectivity index (χ0) is 21.7. The Balaban J connectivity index is 0.000000168. The normalized spacial score (nSPS) is 20.5. The van der Waals surface area contributed by atoms with Gasteiger partial charge in [0.15, 0.2) is 0 Å². The second-order valence-corrected chi connectivity index (χ2v) is 10.5. The number of nitrogen functional groups attached to an aromatic ring is 2. The van der Waals surface area contributed by atoms with Crippen molar-refractivity contribution in [2.45, 2.75) is 77.4 Å². The highest BCUT2D eigenvalue weighted by Gasteiger charge is 2.52. The summed E-state index contributed by atoms with van der Waals surface area (Å²) in [7, 11) is -0.351. The van der Waals surface area contributed by atoms with Gasteiger partial charge >= 0.3 is 7.12 Å². The van der Waals surface area contributed by atoms with Crippen LogP contribution in [0.4, 0.5) is 11.4 Å². The molecule has 0 bridgehead atoms. The van der Waals surface area contributed by atoms with E-state index in [1.54, 1.807) is 0 Å². The van der Waals surface area contributed by atoms with E-state index in [9.17, 15) is 0 Å². The summed E-state index contributed by atoms with van der Waals surface area (Å²) in [6.45, 7) is 8.26. The molecule has 0 spiro atoms. The minimum atomic E-state index is -0.351. The molecule has 1 saturated heterocycles. The van der Waals surface area contributed by atoms with Gasteiger partial charge in [0.05, 0.1) is 11.2 Å². The average molecular weight is 471 g/mol. The number of aryl methyl sites for hydroxylation is 2. The standard InChI is InChI=1S/C15H22BNO2.C9H10BrN/c1-14(2)15(3,4)19-16(18-14)12-9-8-10-6-5-7-11(10)13(12)17;10-8-5-4-6-2-1-3-7(6)9(8)11/h8-9H,5-7,17H2,1-4H3;4-5H,1-3,11H2. The van der Waals surface area contributed by atoms with E-state index in [2.05, 4.69) is 61.8 Å². The molecule has 2 aromatic carbocycles. The van der Waals surface area contributed by atoms with Gasteiger partial charge in [-0.05, 0) is 110 Å². The minimum absolute atomic E-state index is 0.316. The van der Waals surface area contributed by atoms with Crippen molar-refractivity contribution in [3.8, 4) is 0 Å². The number of rotatable bonds is 1. The quantitative estimate of drug-likeness (QED) is 0.472. The average Bonchev–Trinajstić information content (AvgIpc) is 3.38. The molecular weight excluding hydrogens is 439 g/mol. The topological polar surface area (TPSA) is 70.5 Å². The second-order valence-electron chi connectivity index (χ2n) is 9.60. The minimum Gasteiger partial charge on any atom is -0.399 e. The lowest BCUT2D eigenvalue weighted by Gasteiger charge is -2.32.